The van der Waals surface area contributed by atoms with Gasteiger partial charge < -0.3 is 10.4 Å². The number of aryl methyl sites for hydroxylation is 1. The third-order valence-electron chi connectivity index (χ3n) is 3.43. The van der Waals surface area contributed by atoms with Gasteiger partial charge >= 0.3 is 0 Å². The van der Waals surface area contributed by atoms with E-state index in [0.717, 1.165) is 5.56 Å². The quantitative estimate of drug-likeness (QED) is 0.912. The van der Waals surface area contributed by atoms with Crippen molar-refractivity contribution in [2.45, 2.75) is 19.4 Å². The summed E-state index contributed by atoms with van der Waals surface area (Å²) < 4.78 is 26.5. The third-order valence-corrected chi connectivity index (χ3v) is 3.43. The van der Waals surface area contributed by atoms with Gasteiger partial charge in [-0.3, -0.25) is 4.79 Å². The molecule has 0 bridgehead atoms. The van der Waals surface area contributed by atoms with Crippen molar-refractivity contribution >= 4 is 5.91 Å². The van der Waals surface area contributed by atoms with Gasteiger partial charge in [-0.15, -0.1) is 0 Å². The molecule has 22 heavy (non-hydrogen) atoms. The summed E-state index contributed by atoms with van der Waals surface area (Å²) in [7, 11) is 0. The third kappa shape index (κ3) is 3.68. The molecule has 1 amide bonds. The predicted molar refractivity (Wildman–Crippen MR) is 79.4 cm³/mol. The van der Waals surface area contributed by atoms with Crippen molar-refractivity contribution in [3.63, 3.8) is 0 Å². The molecule has 3 nitrogen and oxygen atoms in total. The van der Waals surface area contributed by atoms with Gasteiger partial charge in [0.05, 0.1) is 12.1 Å². The average molecular weight is 305 g/mol. The van der Waals surface area contributed by atoms with Crippen molar-refractivity contribution in [2.75, 3.05) is 6.54 Å². The van der Waals surface area contributed by atoms with Gasteiger partial charge in [0.1, 0.15) is 17.2 Å². The lowest BCUT2D eigenvalue weighted by molar-refractivity contribution is 0.0524. The first-order valence-electron chi connectivity index (χ1n) is 6.82. The van der Waals surface area contributed by atoms with E-state index in [2.05, 4.69) is 5.32 Å². The van der Waals surface area contributed by atoms with Crippen LogP contribution in [0.3, 0.4) is 0 Å². The molecule has 0 fully saturated rings. The smallest absolute Gasteiger partial charge is 0.254 e. The van der Waals surface area contributed by atoms with Crippen LogP contribution in [0.15, 0.2) is 42.5 Å². The fourth-order valence-electron chi connectivity index (χ4n) is 2.07. The summed E-state index contributed by atoms with van der Waals surface area (Å²) in [5.74, 6) is -1.64. The van der Waals surface area contributed by atoms with E-state index >= 15 is 0 Å². The van der Waals surface area contributed by atoms with Crippen molar-refractivity contribution in [1.82, 2.24) is 5.32 Å². The molecule has 2 rings (SSSR count). The van der Waals surface area contributed by atoms with Crippen LogP contribution in [0.1, 0.15) is 28.4 Å². The Bertz CT molecular complexity index is 682. The largest absolute Gasteiger partial charge is 0.384 e. The lowest BCUT2D eigenvalue weighted by Crippen LogP contribution is -2.38. The number of hydrogen-bond donors (Lipinski definition) is 2. The number of aliphatic hydroxyl groups is 1. The molecule has 0 aliphatic rings. The van der Waals surface area contributed by atoms with E-state index < -0.39 is 23.1 Å². The monoisotopic (exact) mass is 305 g/mol. The molecule has 0 saturated heterocycles. The van der Waals surface area contributed by atoms with Crippen molar-refractivity contribution in [1.29, 1.82) is 0 Å². The minimum atomic E-state index is -1.39. The number of carbonyl (C=O) groups excluding carboxylic acids is 1. The van der Waals surface area contributed by atoms with E-state index in [4.69, 9.17) is 0 Å². The van der Waals surface area contributed by atoms with Crippen LogP contribution in [-0.2, 0) is 5.60 Å². The summed E-state index contributed by atoms with van der Waals surface area (Å²) in [4.78, 5) is 12.0. The molecule has 2 aromatic rings. The van der Waals surface area contributed by atoms with Crippen LogP contribution in [0, 0.1) is 18.6 Å². The fourth-order valence-corrected chi connectivity index (χ4v) is 2.07. The van der Waals surface area contributed by atoms with Gasteiger partial charge in [-0.2, -0.15) is 0 Å². The zero-order valence-electron chi connectivity index (χ0n) is 12.4. The van der Waals surface area contributed by atoms with E-state index in [-0.39, 0.29) is 12.1 Å². The molecule has 0 aliphatic carbocycles. The number of carbonyl (C=O) groups is 1. The molecule has 0 saturated carbocycles. The second-order valence-electron chi connectivity index (χ2n) is 5.45. The van der Waals surface area contributed by atoms with Crippen LogP contribution < -0.4 is 5.32 Å². The second-order valence-corrected chi connectivity index (χ2v) is 5.45. The Labute approximate surface area is 127 Å². The Morgan fingerprint density at radius 1 is 1.18 bits per heavy atom. The number of halogens is 2. The molecular weight excluding hydrogens is 288 g/mol. The minimum Gasteiger partial charge on any atom is -0.384 e. The maximum absolute atomic E-state index is 13.6. The van der Waals surface area contributed by atoms with E-state index in [0.29, 0.717) is 5.56 Å². The van der Waals surface area contributed by atoms with E-state index in [1.807, 2.05) is 0 Å². The number of amides is 1. The minimum absolute atomic E-state index is 0.0742. The molecule has 0 aromatic heterocycles. The number of benzene rings is 2. The van der Waals surface area contributed by atoms with Gasteiger partial charge in [0.15, 0.2) is 0 Å². The summed E-state index contributed by atoms with van der Waals surface area (Å²) in [6, 6.07) is 9.57. The molecule has 116 valence electrons. The fraction of sp³-hybridized carbons (Fsp3) is 0.235. The Hall–Kier alpha value is -2.27. The molecule has 0 heterocycles. The van der Waals surface area contributed by atoms with Crippen LogP contribution in [0.5, 0.6) is 0 Å². The summed E-state index contributed by atoms with van der Waals surface area (Å²) in [5, 5.41) is 12.9. The van der Waals surface area contributed by atoms with Crippen molar-refractivity contribution in [3.8, 4) is 0 Å². The van der Waals surface area contributed by atoms with Crippen molar-refractivity contribution in [2.24, 2.45) is 0 Å². The molecule has 0 radical (unpaired) electrons. The molecule has 1 unspecified atom stereocenters. The zero-order valence-corrected chi connectivity index (χ0v) is 12.4. The Morgan fingerprint density at radius 2 is 1.82 bits per heavy atom. The number of rotatable bonds is 4. The van der Waals surface area contributed by atoms with Gasteiger partial charge in [-0.1, -0.05) is 23.8 Å². The summed E-state index contributed by atoms with van der Waals surface area (Å²) in [6.07, 6.45) is 0. The van der Waals surface area contributed by atoms with Gasteiger partial charge in [0.25, 0.3) is 5.91 Å². The molecule has 0 aliphatic heterocycles. The first-order valence-corrected chi connectivity index (χ1v) is 6.82. The Balaban J connectivity index is 2.09. The highest BCUT2D eigenvalue weighted by Gasteiger charge is 2.24. The van der Waals surface area contributed by atoms with Gasteiger partial charge in [-0.25, -0.2) is 8.78 Å². The van der Waals surface area contributed by atoms with E-state index in [9.17, 15) is 18.7 Å². The topological polar surface area (TPSA) is 49.3 Å². The Morgan fingerprint density at radius 3 is 2.45 bits per heavy atom. The highest BCUT2D eigenvalue weighted by atomic mass is 19.1. The van der Waals surface area contributed by atoms with Crippen LogP contribution in [0.25, 0.3) is 0 Å². The summed E-state index contributed by atoms with van der Waals surface area (Å²) in [6.45, 7) is 3.13. The van der Waals surface area contributed by atoms with E-state index in [1.165, 1.54) is 43.3 Å². The number of hydrogen-bond acceptors (Lipinski definition) is 2. The van der Waals surface area contributed by atoms with Crippen LogP contribution in [0.4, 0.5) is 8.78 Å². The summed E-state index contributed by atoms with van der Waals surface area (Å²) in [5.41, 5.74) is -0.241. The molecule has 5 heteroatoms. The molecule has 2 N–H and O–H groups in total. The maximum Gasteiger partial charge on any atom is 0.254 e. The highest BCUT2D eigenvalue weighted by molar-refractivity contribution is 5.94. The van der Waals surface area contributed by atoms with Crippen LogP contribution in [0.2, 0.25) is 0 Å². The molecule has 1 atom stereocenters. The second kappa shape index (κ2) is 6.23. The first-order chi connectivity index (χ1) is 10.3. The lowest BCUT2D eigenvalue weighted by Gasteiger charge is -2.24. The van der Waals surface area contributed by atoms with Crippen LogP contribution >= 0.6 is 0 Å². The van der Waals surface area contributed by atoms with Crippen molar-refractivity contribution in [3.05, 3.63) is 70.8 Å². The maximum atomic E-state index is 13.6. The number of nitrogens with one attached hydrogen (secondary N) is 1. The van der Waals surface area contributed by atoms with Gasteiger partial charge in [0.2, 0.25) is 0 Å². The van der Waals surface area contributed by atoms with Crippen LogP contribution in [-0.4, -0.2) is 17.6 Å². The average Bonchev–Trinajstić information content (AvgIpc) is 2.48. The SMILES string of the molecule is Cc1ccc(F)c(C(=O)NCC(C)(O)c2ccc(F)cc2)c1. The molecule has 0 spiro atoms. The highest BCUT2D eigenvalue weighted by Crippen LogP contribution is 2.20. The normalized spacial score (nSPS) is 13.5. The standard InChI is InChI=1S/C17H17F2NO2/c1-11-3-8-15(19)14(9-11)16(21)20-10-17(2,22)12-4-6-13(18)7-5-12/h3-9,22H,10H2,1-2H3,(H,20,21). The first kappa shape index (κ1) is 16.1. The zero-order chi connectivity index (χ0) is 16.3. The predicted octanol–water partition coefficient (Wildman–Crippen LogP) is 2.91. The lowest BCUT2D eigenvalue weighted by atomic mass is 9.96. The molecule has 2 aromatic carbocycles. The van der Waals surface area contributed by atoms with E-state index in [1.54, 1.807) is 13.0 Å². The summed E-state index contributed by atoms with van der Waals surface area (Å²) >= 11 is 0. The Kier molecular flexibility index (Phi) is 4.56. The molecular formula is C17H17F2NO2. The van der Waals surface area contributed by atoms with Gasteiger partial charge in [-0.05, 0) is 43.7 Å². The van der Waals surface area contributed by atoms with Crippen molar-refractivity contribution < 1.29 is 18.7 Å². The van der Waals surface area contributed by atoms with Gasteiger partial charge in [0, 0.05) is 0 Å².